The van der Waals surface area contributed by atoms with Crippen LogP contribution < -0.4 is 16.0 Å². The molecule has 2 aliphatic rings. The van der Waals surface area contributed by atoms with E-state index in [-0.39, 0.29) is 62.2 Å². The molecular formula is C40H59N7O11S. The van der Waals surface area contributed by atoms with Crippen LogP contribution in [-0.2, 0) is 33.8 Å². The van der Waals surface area contributed by atoms with Crippen molar-refractivity contribution in [1.82, 2.24) is 30.0 Å². The lowest BCUT2D eigenvalue weighted by Gasteiger charge is -2.40. The Morgan fingerprint density at radius 1 is 0.729 bits per heavy atom. The molecule has 2 aliphatic heterocycles. The van der Waals surface area contributed by atoms with Crippen molar-refractivity contribution in [3.05, 3.63) is 54.6 Å². The smallest absolute Gasteiger partial charge is 0.317 e. The van der Waals surface area contributed by atoms with Crippen molar-refractivity contribution in [3.8, 4) is 11.5 Å². The fourth-order valence-corrected chi connectivity index (χ4v) is 9.34. The number of piperidine rings is 1. The molecule has 4 rings (SSSR count). The summed E-state index contributed by atoms with van der Waals surface area (Å²) < 4.78 is 31.6. The highest BCUT2D eigenvalue weighted by Gasteiger charge is 2.53. The van der Waals surface area contributed by atoms with E-state index in [1.54, 1.807) is 34.1 Å². The van der Waals surface area contributed by atoms with Crippen LogP contribution in [0.15, 0.2) is 59.5 Å². The summed E-state index contributed by atoms with van der Waals surface area (Å²) >= 11 is 0. The second-order valence-electron chi connectivity index (χ2n) is 15.3. The summed E-state index contributed by atoms with van der Waals surface area (Å²) in [6.07, 6.45) is 2.02. The first kappa shape index (κ1) is 47.2. The summed E-state index contributed by atoms with van der Waals surface area (Å²) in [7, 11) is -2.38. The van der Waals surface area contributed by atoms with Crippen LogP contribution in [0, 0.1) is 0 Å². The number of amides is 2. The molecule has 0 aromatic heterocycles. The molecule has 0 aliphatic carbocycles. The Morgan fingerprint density at radius 3 is 1.76 bits per heavy atom. The summed E-state index contributed by atoms with van der Waals surface area (Å²) in [4.78, 5) is 71.2. The van der Waals surface area contributed by atoms with Gasteiger partial charge >= 0.3 is 11.9 Å². The largest absolute Gasteiger partial charge is 0.480 e. The van der Waals surface area contributed by atoms with Crippen LogP contribution in [-0.4, -0.2) is 181 Å². The molecule has 19 heteroatoms. The SMILES string of the molecule is CN1CCN(CC(=O)O)CCN(CC(=O)O)CCN(CC(=O)CCCCC[C@H](N)C(=O)N2CCC(C(=O)NO)(S(=O)(=O)c3ccc(Oc4ccccc4)cc3)CC2)CC1. The average molecular weight is 846 g/mol. The molecule has 0 spiro atoms. The first-order chi connectivity index (χ1) is 28.1. The van der Waals surface area contributed by atoms with Crippen molar-refractivity contribution in [2.24, 2.45) is 5.73 Å². The lowest BCUT2D eigenvalue weighted by atomic mass is 9.94. The zero-order valence-electron chi connectivity index (χ0n) is 33.7. The summed E-state index contributed by atoms with van der Waals surface area (Å²) in [5, 5.41) is 28.3. The van der Waals surface area contributed by atoms with E-state index >= 15 is 0 Å². The standard InChI is InChI=1S/C40H59N7O11S/c1-43-20-22-44(24-25-46(30-37(51)52)27-26-45(23-21-43)29-36(49)50)28-31(48)8-4-2-7-11-35(41)38(53)47-18-16-40(17-19-47,39(54)42-55)59(56,57)34-14-12-33(13-15-34)58-32-9-5-3-6-10-32/h3,5-6,9-10,12-15,35,55H,2,4,7-8,11,16-30,41H2,1H3,(H,42,54)(H,49,50)(H,51,52)/t35-/m0/s1. The number of carboxylic acid groups (broad SMARTS) is 2. The number of hydroxylamine groups is 1. The van der Waals surface area contributed by atoms with Crippen molar-refractivity contribution in [2.75, 3.05) is 92.1 Å². The minimum Gasteiger partial charge on any atom is -0.480 e. The lowest BCUT2D eigenvalue weighted by molar-refractivity contribution is -0.140. The van der Waals surface area contributed by atoms with Gasteiger partial charge in [0.25, 0.3) is 5.91 Å². The molecule has 0 saturated carbocycles. The highest BCUT2D eigenvalue weighted by molar-refractivity contribution is 7.93. The maximum Gasteiger partial charge on any atom is 0.317 e. The number of ketones is 1. The number of nitrogens with two attached hydrogens (primary N) is 1. The van der Waals surface area contributed by atoms with E-state index in [1.807, 2.05) is 18.0 Å². The first-order valence-electron chi connectivity index (χ1n) is 20.0. The van der Waals surface area contributed by atoms with E-state index in [4.69, 9.17) is 10.5 Å². The second kappa shape index (κ2) is 22.8. The molecule has 0 bridgehead atoms. The minimum atomic E-state index is -4.33. The number of likely N-dealkylation sites (tertiary alicyclic amines) is 1. The number of para-hydroxylation sites is 1. The molecule has 0 radical (unpaired) electrons. The maximum absolute atomic E-state index is 13.9. The topological polar surface area (TPSA) is 244 Å². The van der Waals surface area contributed by atoms with Gasteiger partial charge < -0.3 is 30.5 Å². The predicted molar refractivity (Wildman–Crippen MR) is 217 cm³/mol. The third-order valence-corrected chi connectivity index (χ3v) is 13.5. The van der Waals surface area contributed by atoms with Crippen LogP contribution in [0.5, 0.6) is 11.5 Å². The third kappa shape index (κ3) is 14.0. The molecular weight excluding hydrogens is 787 g/mol. The van der Waals surface area contributed by atoms with Crippen molar-refractivity contribution in [2.45, 2.75) is 60.6 Å². The van der Waals surface area contributed by atoms with Crippen LogP contribution in [0.25, 0.3) is 0 Å². The average Bonchev–Trinajstić information content (AvgIpc) is 3.21. The van der Waals surface area contributed by atoms with Crippen LogP contribution in [0.2, 0.25) is 0 Å². The molecule has 2 heterocycles. The van der Waals surface area contributed by atoms with E-state index < -0.39 is 38.5 Å². The number of likely N-dealkylation sites (N-methyl/N-ethyl adjacent to an activating group) is 1. The number of sulfone groups is 1. The highest BCUT2D eigenvalue weighted by Crippen LogP contribution is 2.37. The van der Waals surface area contributed by atoms with Gasteiger partial charge in [-0.3, -0.25) is 43.9 Å². The van der Waals surface area contributed by atoms with Gasteiger partial charge in [0.2, 0.25) is 5.91 Å². The summed E-state index contributed by atoms with van der Waals surface area (Å²) in [5.74, 6) is -2.35. The Bertz CT molecular complexity index is 1810. The molecule has 2 aromatic carbocycles. The quantitative estimate of drug-likeness (QED) is 0.0798. The molecule has 2 amide bonds. The molecule has 2 aromatic rings. The van der Waals surface area contributed by atoms with Gasteiger partial charge in [-0.1, -0.05) is 31.0 Å². The second-order valence-corrected chi connectivity index (χ2v) is 17.6. The van der Waals surface area contributed by atoms with Crippen molar-refractivity contribution < 1.29 is 52.5 Å². The van der Waals surface area contributed by atoms with Gasteiger partial charge in [0.05, 0.1) is 30.6 Å². The van der Waals surface area contributed by atoms with E-state index in [2.05, 4.69) is 4.90 Å². The fourth-order valence-electron chi connectivity index (χ4n) is 7.39. The number of nitrogens with zero attached hydrogens (tertiary/aromatic N) is 5. The Labute approximate surface area is 345 Å². The number of carboxylic acids is 2. The number of rotatable bonds is 18. The van der Waals surface area contributed by atoms with E-state index in [0.717, 1.165) is 0 Å². The third-order valence-electron chi connectivity index (χ3n) is 11.0. The van der Waals surface area contributed by atoms with Gasteiger partial charge in [-0.25, -0.2) is 13.9 Å². The number of Topliss-reactive ketones (excluding diaryl/α,β-unsaturated/α-hetero) is 1. The number of nitrogens with one attached hydrogen (secondary N) is 1. The summed E-state index contributed by atoms with van der Waals surface area (Å²) in [6, 6.07) is 13.7. The van der Waals surface area contributed by atoms with Crippen LogP contribution in [0.1, 0.15) is 44.9 Å². The number of aliphatic carboxylic acids is 2. The number of ether oxygens (including phenoxy) is 1. The molecule has 326 valence electrons. The van der Waals surface area contributed by atoms with Crippen molar-refractivity contribution >= 4 is 39.4 Å². The number of carbonyl (C=O) groups is 5. The maximum atomic E-state index is 13.9. The van der Waals surface area contributed by atoms with Gasteiger partial charge in [-0.2, -0.15) is 0 Å². The van der Waals surface area contributed by atoms with Crippen LogP contribution >= 0.6 is 0 Å². The van der Waals surface area contributed by atoms with Gasteiger partial charge in [0.15, 0.2) is 14.6 Å². The predicted octanol–water partition coefficient (Wildman–Crippen LogP) is 0.987. The van der Waals surface area contributed by atoms with E-state index in [9.17, 15) is 47.8 Å². The molecule has 59 heavy (non-hydrogen) atoms. The molecule has 1 atom stereocenters. The van der Waals surface area contributed by atoms with Gasteiger partial charge in [0.1, 0.15) is 17.3 Å². The number of carbonyl (C=O) groups excluding carboxylic acids is 3. The van der Waals surface area contributed by atoms with Crippen LogP contribution in [0.4, 0.5) is 0 Å². The summed E-state index contributed by atoms with van der Waals surface area (Å²) in [5.41, 5.74) is 7.80. The van der Waals surface area contributed by atoms with Gasteiger partial charge in [0, 0.05) is 71.9 Å². The summed E-state index contributed by atoms with van der Waals surface area (Å²) in [6.45, 7) is 3.87. The number of unbranched alkanes of at least 4 members (excludes halogenated alkanes) is 2. The highest BCUT2D eigenvalue weighted by atomic mass is 32.2. The Hall–Kier alpha value is -4.50. The van der Waals surface area contributed by atoms with E-state index in [0.29, 0.717) is 96.0 Å². The molecule has 2 fully saturated rings. The Balaban J connectivity index is 1.23. The molecule has 0 unspecified atom stereocenters. The molecule has 6 N–H and O–H groups in total. The lowest BCUT2D eigenvalue weighted by Crippen LogP contribution is -2.59. The van der Waals surface area contributed by atoms with Gasteiger partial charge in [-0.15, -0.1) is 0 Å². The Morgan fingerprint density at radius 2 is 1.24 bits per heavy atom. The molecule has 2 saturated heterocycles. The van der Waals surface area contributed by atoms with Crippen LogP contribution in [0.3, 0.4) is 0 Å². The van der Waals surface area contributed by atoms with Gasteiger partial charge in [-0.05, 0) is 69.1 Å². The zero-order valence-corrected chi connectivity index (χ0v) is 34.6. The normalized spacial score (nSPS) is 18.5. The number of hydrogen-bond donors (Lipinski definition) is 5. The zero-order chi connectivity index (χ0) is 43.0. The first-order valence-corrected chi connectivity index (χ1v) is 21.5. The monoisotopic (exact) mass is 845 g/mol. The fraction of sp³-hybridized carbons (Fsp3) is 0.575. The van der Waals surface area contributed by atoms with Crippen molar-refractivity contribution in [3.63, 3.8) is 0 Å². The Kier molecular flexibility index (Phi) is 18.2. The molecule has 18 nitrogen and oxygen atoms in total. The minimum absolute atomic E-state index is 0.0488. The van der Waals surface area contributed by atoms with E-state index in [1.165, 1.54) is 34.6 Å². The number of hydrogen-bond acceptors (Lipinski definition) is 14. The van der Waals surface area contributed by atoms with Crippen molar-refractivity contribution in [1.29, 1.82) is 0 Å². The number of benzene rings is 2.